The van der Waals surface area contributed by atoms with E-state index in [0.717, 1.165) is 12.1 Å². The molecule has 0 saturated carbocycles. The van der Waals surface area contributed by atoms with Gasteiger partial charge < -0.3 is 14.4 Å². The van der Waals surface area contributed by atoms with Crippen molar-refractivity contribution in [3.05, 3.63) is 23.8 Å². The Morgan fingerprint density at radius 3 is 2.83 bits per heavy atom. The number of fused-ring (bicyclic) bond motifs is 1. The summed E-state index contributed by atoms with van der Waals surface area (Å²) in [6.45, 7) is 5.00. The van der Waals surface area contributed by atoms with Crippen LogP contribution < -0.4 is 4.74 Å². The molecule has 2 heterocycles. The molecule has 0 unspecified atom stereocenters. The lowest BCUT2D eigenvalue weighted by molar-refractivity contribution is 0.123. The van der Waals surface area contributed by atoms with E-state index in [2.05, 4.69) is 4.90 Å². The number of ether oxygens (including phenoxy) is 2. The summed E-state index contributed by atoms with van der Waals surface area (Å²) in [6.07, 6.45) is 0. The van der Waals surface area contributed by atoms with Gasteiger partial charge in [0, 0.05) is 31.0 Å². The maximum atomic E-state index is 13.2. The normalized spacial score (nSPS) is 27.6. The van der Waals surface area contributed by atoms with Crippen LogP contribution in [0.5, 0.6) is 5.75 Å². The van der Waals surface area contributed by atoms with Crippen molar-refractivity contribution in [1.82, 2.24) is 9.21 Å². The molecule has 0 bridgehead atoms. The summed E-state index contributed by atoms with van der Waals surface area (Å²) in [5.41, 5.74) is 0.857. The molecule has 0 aromatic heterocycles. The molecule has 0 N–H and O–H groups in total. The molecule has 3 rings (SSSR count). The third-order valence-electron chi connectivity index (χ3n) is 5.06. The van der Waals surface area contributed by atoms with E-state index in [1.807, 2.05) is 27.1 Å². The lowest BCUT2D eigenvalue weighted by Crippen LogP contribution is -2.41. The Hall–Kier alpha value is -1.15. The second-order valence-electron chi connectivity index (χ2n) is 7.26. The Kier molecular flexibility index (Phi) is 4.63. The van der Waals surface area contributed by atoms with Gasteiger partial charge in [-0.15, -0.1) is 0 Å². The Labute approximate surface area is 144 Å². The van der Waals surface area contributed by atoms with E-state index in [1.165, 1.54) is 7.11 Å². The summed E-state index contributed by atoms with van der Waals surface area (Å²) >= 11 is 0. The highest BCUT2D eigenvalue weighted by Gasteiger charge is 2.53. The first kappa shape index (κ1) is 17.7. The Morgan fingerprint density at radius 2 is 2.17 bits per heavy atom. The van der Waals surface area contributed by atoms with Crippen molar-refractivity contribution in [2.45, 2.75) is 11.8 Å². The number of nitrogens with zero attached hydrogens (tertiary/aromatic N) is 2. The molecule has 6 nitrogen and oxygen atoms in total. The van der Waals surface area contributed by atoms with E-state index in [4.69, 9.17) is 9.47 Å². The predicted octanol–water partition coefficient (Wildman–Crippen LogP) is 1.20. The zero-order chi connectivity index (χ0) is 17.5. The summed E-state index contributed by atoms with van der Waals surface area (Å²) in [7, 11) is 1.96. The maximum absolute atomic E-state index is 13.2. The summed E-state index contributed by atoms with van der Waals surface area (Å²) < 4.78 is 38.9. The lowest BCUT2D eigenvalue weighted by atomic mass is 9.81. The van der Waals surface area contributed by atoms with Crippen molar-refractivity contribution >= 4 is 10.0 Å². The summed E-state index contributed by atoms with van der Waals surface area (Å²) in [6, 6.07) is 5.22. The molecule has 2 fully saturated rings. The molecule has 24 heavy (non-hydrogen) atoms. The quantitative estimate of drug-likeness (QED) is 0.795. The minimum Gasteiger partial charge on any atom is -0.495 e. The molecule has 7 heteroatoms. The van der Waals surface area contributed by atoms with Gasteiger partial charge in [0.2, 0.25) is 10.0 Å². The van der Waals surface area contributed by atoms with Crippen LogP contribution in [0, 0.1) is 18.3 Å². The van der Waals surface area contributed by atoms with Crippen molar-refractivity contribution in [3.8, 4) is 5.75 Å². The molecule has 2 saturated heterocycles. The molecule has 2 aliphatic rings. The standard InChI is InChI=1S/C17H26N2O4S/c1-13-5-6-16(15(7-13)22-4)24(20,21)19-8-14-9-23-12-17(14,11-19)10-18(2)3/h5-7,14H,8-12H2,1-4H3/t14-,17+/m0/s1. The van der Waals surface area contributed by atoms with Gasteiger partial charge in [-0.2, -0.15) is 4.31 Å². The average molecular weight is 354 g/mol. The number of rotatable bonds is 5. The fourth-order valence-corrected chi connectivity index (χ4v) is 5.66. The van der Waals surface area contributed by atoms with E-state index in [9.17, 15) is 8.42 Å². The zero-order valence-electron chi connectivity index (χ0n) is 14.8. The fraction of sp³-hybridized carbons (Fsp3) is 0.647. The Morgan fingerprint density at radius 1 is 1.42 bits per heavy atom. The first-order valence-electron chi connectivity index (χ1n) is 8.16. The van der Waals surface area contributed by atoms with Crippen LogP contribution >= 0.6 is 0 Å². The Bertz CT molecular complexity index is 719. The van der Waals surface area contributed by atoms with Crippen LogP contribution in [-0.2, 0) is 14.8 Å². The molecule has 134 valence electrons. The highest BCUT2D eigenvalue weighted by molar-refractivity contribution is 7.89. The number of aryl methyl sites for hydroxylation is 1. The van der Waals surface area contributed by atoms with Gasteiger partial charge in [-0.1, -0.05) is 6.07 Å². The highest BCUT2D eigenvalue weighted by atomic mass is 32.2. The van der Waals surface area contributed by atoms with Gasteiger partial charge in [0.1, 0.15) is 10.6 Å². The van der Waals surface area contributed by atoms with Crippen LogP contribution in [0.4, 0.5) is 0 Å². The number of hydrogen-bond acceptors (Lipinski definition) is 5. The molecule has 0 spiro atoms. The van der Waals surface area contributed by atoms with Crippen molar-refractivity contribution in [1.29, 1.82) is 0 Å². The SMILES string of the molecule is COc1cc(C)ccc1S(=O)(=O)N1C[C@H]2COC[C@@]2(CN(C)C)C1. The number of hydrogen-bond donors (Lipinski definition) is 0. The van der Waals surface area contributed by atoms with E-state index in [0.29, 0.717) is 32.1 Å². The zero-order valence-corrected chi connectivity index (χ0v) is 15.6. The minimum absolute atomic E-state index is 0.117. The summed E-state index contributed by atoms with van der Waals surface area (Å²) in [5, 5.41) is 0. The molecule has 2 atom stereocenters. The van der Waals surface area contributed by atoms with Gasteiger partial charge in [-0.05, 0) is 38.7 Å². The summed E-state index contributed by atoms with van der Waals surface area (Å²) in [5.74, 6) is 0.649. The van der Waals surface area contributed by atoms with E-state index in [1.54, 1.807) is 16.4 Å². The second-order valence-corrected chi connectivity index (χ2v) is 9.17. The van der Waals surface area contributed by atoms with Crippen LogP contribution in [0.2, 0.25) is 0 Å². The maximum Gasteiger partial charge on any atom is 0.246 e. The molecule has 0 aliphatic carbocycles. The molecule has 1 aromatic carbocycles. The Balaban J connectivity index is 1.92. The van der Waals surface area contributed by atoms with Crippen molar-refractivity contribution in [2.75, 3.05) is 54.1 Å². The van der Waals surface area contributed by atoms with E-state index < -0.39 is 10.0 Å². The van der Waals surface area contributed by atoms with Crippen LogP contribution in [-0.4, -0.2) is 71.7 Å². The second kappa shape index (κ2) is 6.29. The van der Waals surface area contributed by atoms with Crippen LogP contribution in [0.25, 0.3) is 0 Å². The molecule has 2 aliphatic heterocycles. The van der Waals surface area contributed by atoms with E-state index in [-0.39, 0.29) is 16.2 Å². The van der Waals surface area contributed by atoms with Crippen molar-refractivity contribution < 1.29 is 17.9 Å². The molecule has 0 radical (unpaired) electrons. The van der Waals surface area contributed by atoms with Gasteiger partial charge in [-0.3, -0.25) is 0 Å². The lowest BCUT2D eigenvalue weighted by Gasteiger charge is -2.30. The van der Waals surface area contributed by atoms with Gasteiger partial charge >= 0.3 is 0 Å². The number of sulfonamides is 1. The first-order chi connectivity index (χ1) is 11.3. The van der Waals surface area contributed by atoms with Crippen molar-refractivity contribution in [2.24, 2.45) is 11.3 Å². The van der Waals surface area contributed by atoms with Crippen LogP contribution in [0.1, 0.15) is 5.56 Å². The average Bonchev–Trinajstić information content (AvgIpc) is 3.02. The monoisotopic (exact) mass is 354 g/mol. The molecule has 1 aromatic rings. The third kappa shape index (κ3) is 2.94. The van der Waals surface area contributed by atoms with E-state index >= 15 is 0 Å². The minimum atomic E-state index is -3.58. The fourth-order valence-electron chi connectivity index (χ4n) is 3.95. The molecule has 0 amide bonds. The van der Waals surface area contributed by atoms with Crippen LogP contribution in [0.3, 0.4) is 0 Å². The van der Waals surface area contributed by atoms with Gasteiger partial charge in [-0.25, -0.2) is 8.42 Å². The first-order valence-corrected chi connectivity index (χ1v) is 9.60. The number of methoxy groups -OCH3 is 1. The largest absolute Gasteiger partial charge is 0.495 e. The van der Waals surface area contributed by atoms with Gasteiger partial charge in [0.15, 0.2) is 0 Å². The number of benzene rings is 1. The van der Waals surface area contributed by atoms with Crippen LogP contribution in [0.15, 0.2) is 23.1 Å². The smallest absolute Gasteiger partial charge is 0.246 e. The van der Waals surface area contributed by atoms with Gasteiger partial charge in [0.25, 0.3) is 0 Å². The summed E-state index contributed by atoms with van der Waals surface area (Å²) in [4.78, 5) is 2.36. The third-order valence-corrected chi connectivity index (χ3v) is 6.91. The topological polar surface area (TPSA) is 59.1 Å². The van der Waals surface area contributed by atoms with Gasteiger partial charge in [0.05, 0.1) is 20.3 Å². The van der Waals surface area contributed by atoms with Crippen molar-refractivity contribution in [3.63, 3.8) is 0 Å². The molecular formula is C17H26N2O4S. The molecular weight excluding hydrogens is 328 g/mol. The highest BCUT2D eigenvalue weighted by Crippen LogP contribution is 2.44. The predicted molar refractivity (Wildman–Crippen MR) is 91.8 cm³/mol.